The van der Waals surface area contributed by atoms with E-state index in [0.717, 1.165) is 27.9 Å². The molecule has 0 spiro atoms. The first-order chi connectivity index (χ1) is 9.78. The van der Waals surface area contributed by atoms with Crippen molar-refractivity contribution in [3.8, 4) is 6.07 Å². The van der Waals surface area contributed by atoms with Crippen LogP contribution in [0, 0.1) is 11.3 Å². The first-order valence-corrected chi connectivity index (χ1v) is 7.13. The number of imidazole rings is 1. The fourth-order valence-electron chi connectivity index (χ4n) is 2.28. The maximum absolute atomic E-state index is 8.96. The summed E-state index contributed by atoms with van der Waals surface area (Å²) in [7, 11) is 0. The highest BCUT2D eigenvalue weighted by Gasteiger charge is 2.10. The number of nitriles is 1. The molecule has 4 heteroatoms. The SMILES string of the molecule is N#CCc1nc2ccccc2n1Cc1ccc(Br)cc1. The van der Waals surface area contributed by atoms with Gasteiger partial charge in [-0.3, -0.25) is 0 Å². The van der Waals surface area contributed by atoms with Crippen molar-refractivity contribution in [2.75, 3.05) is 0 Å². The molecule has 0 saturated carbocycles. The molecule has 0 radical (unpaired) electrons. The molecule has 0 unspecified atom stereocenters. The number of para-hydroxylation sites is 2. The molecule has 3 nitrogen and oxygen atoms in total. The Bertz CT molecular complexity index is 782. The molecule has 0 atom stereocenters. The van der Waals surface area contributed by atoms with Gasteiger partial charge < -0.3 is 4.57 Å². The summed E-state index contributed by atoms with van der Waals surface area (Å²) in [6.07, 6.45) is 0.325. The topological polar surface area (TPSA) is 41.6 Å². The zero-order valence-corrected chi connectivity index (χ0v) is 12.3. The lowest BCUT2D eigenvalue weighted by Crippen LogP contribution is -2.04. The molecule has 0 N–H and O–H groups in total. The molecule has 0 saturated heterocycles. The van der Waals surface area contributed by atoms with Gasteiger partial charge in [-0.15, -0.1) is 0 Å². The lowest BCUT2D eigenvalue weighted by molar-refractivity contribution is 0.769. The van der Waals surface area contributed by atoms with Crippen molar-refractivity contribution in [1.29, 1.82) is 5.26 Å². The molecule has 3 rings (SSSR count). The van der Waals surface area contributed by atoms with Crippen molar-refractivity contribution in [1.82, 2.24) is 9.55 Å². The number of hydrogen-bond donors (Lipinski definition) is 0. The molecule has 0 aliphatic rings. The number of halogens is 1. The molecular weight excluding hydrogens is 314 g/mol. The lowest BCUT2D eigenvalue weighted by Gasteiger charge is -2.08. The third kappa shape index (κ3) is 2.45. The normalized spacial score (nSPS) is 10.6. The van der Waals surface area contributed by atoms with Gasteiger partial charge in [-0.1, -0.05) is 40.2 Å². The van der Waals surface area contributed by atoms with Crippen molar-refractivity contribution < 1.29 is 0 Å². The molecule has 0 fully saturated rings. The summed E-state index contributed by atoms with van der Waals surface area (Å²) in [5.74, 6) is 0.816. The molecule has 2 aromatic carbocycles. The van der Waals surface area contributed by atoms with Crippen LogP contribution in [0.25, 0.3) is 11.0 Å². The van der Waals surface area contributed by atoms with Crippen LogP contribution in [0.1, 0.15) is 11.4 Å². The Hall–Kier alpha value is -2.12. The van der Waals surface area contributed by atoms with Crippen molar-refractivity contribution in [2.45, 2.75) is 13.0 Å². The van der Waals surface area contributed by atoms with Gasteiger partial charge in [-0.25, -0.2) is 4.98 Å². The van der Waals surface area contributed by atoms with Crippen LogP contribution in [0.3, 0.4) is 0 Å². The van der Waals surface area contributed by atoms with Crippen LogP contribution in [0.5, 0.6) is 0 Å². The summed E-state index contributed by atoms with van der Waals surface area (Å²) < 4.78 is 3.18. The maximum atomic E-state index is 8.96. The molecule has 98 valence electrons. The van der Waals surface area contributed by atoms with E-state index < -0.39 is 0 Å². The fraction of sp³-hybridized carbons (Fsp3) is 0.125. The Morgan fingerprint density at radius 3 is 2.60 bits per heavy atom. The predicted molar refractivity (Wildman–Crippen MR) is 82.3 cm³/mol. The molecule has 1 aromatic heterocycles. The quantitative estimate of drug-likeness (QED) is 0.732. The van der Waals surface area contributed by atoms with Gasteiger partial charge in [0.15, 0.2) is 0 Å². The van der Waals surface area contributed by atoms with Gasteiger partial charge in [-0.2, -0.15) is 5.26 Å². The minimum atomic E-state index is 0.325. The van der Waals surface area contributed by atoms with Crippen LogP contribution in [-0.2, 0) is 13.0 Å². The van der Waals surface area contributed by atoms with E-state index in [4.69, 9.17) is 5.26 Å². The van der Waals surface area contributed by atoms with Crippen LogP contribution >= 0.6 is 15.9 Å². The molecule has 0 bridgehead atoms. The number of nitrogens with zero attached hydrogens (tertiary/aromatic N) is 3. The summed E-state index contributed by atoms with van der Waals surface area (Å²) in [6, 6.07) is 18.4. The summed E-state index contributed by atoms with van der Waals surface area (Å²) in [6.45, 7) is 0.727. The van der Waals surface area contributed by atoms with E-state index in [1.165, 1.54) is 5.56 Å². The highest BCUT2D eigenvalue weighted by molar-refractivity contribution is 9.10. The first kappa shape index (κ1) is 12.9. The minimum Gasteiger partial charge on any atom is -0.323 e. The molecule has 3 aromatic rings. The van der Waals surface area contributed by atoms with Crippen molar-refractivity contribution in [2.24, 2.45) is 0 Å². The van der Waals surface area contributed by atoms with Gasteiger partial charge in [0.25, 0.3) is 0 Å². The van der Waals surface area contributed by atoms with E-state index in [-0.39, 0.29) is 0 Å². The minimum absolute atomic E-state index is 0.325. The number of fused-ring (bicyclic) bond motifs is 1. The predicted octanol–water partition coefficient (Wildman–Crippen LogP) is 3.91. The highest BCUT2D eigenvalue weighted by atomic mass is 79.9. The first-order valence-electron chi connectivity index (χ1n) is 6.33. The molecule has 0 amide bonds. The van der Waals surface area contributed by atoms with Crippen LogP contribution < -0.4 is 0 Å². The molecule has 20 heavy (non-hydrogen) atoms. The second kappa shape index (κ2) is 5.48. The van der Waals surface area contributed by atoms with E-state index in [9.17, 15) is 0 Å². The van der Waals surface area contributed by atoms with E-state index >= 15 is 0 Å². The molecule has 0 aliphatic carbocycles. The summed E-state index contributed by atoms with van der Waals surface area (Å²) >= 11 is 3.44. The second-order valence-electron chi connectivity index (χ2n) is 4.56. The third-order valence-corrected chi connectivity index (χ3v) is 3.75. The van der Waals surface area contributed by atoms with Gasteiger partial charge in [0.1, 0.15) is 5.82 Å². The standard InChI is InChI=1S/C16H12BrN3/c17-13-7-5-12(6-8-13)11-20-15-4-2-1-3-14(15)19-16(20)9-10-18/h1-8H,9,11H2. The average molecular weight is 326 g/mol. The number of hydrogen-bond acceptors (Lipinski definition) is 2. The van der Waals surface area contributed by atoms with Gasteiger partial charge >= 0.3 is 0 Å². The number of benzene rings is 2. The van der Waals surface area contributed by atoms with Gasteiger partial charge in [0, 0.05) is 11.0 Å². The van der Waals surface area contributed by atoms with E-state index in [0.29, 0.717) is 6.42 Å². The van der Waals surface area contributed by atoms with Crippen LogP contribution in [0.2, 0.25) is 0 Å². The van der Waals surface area contributed by atoms with E-state index in [1.54, 1.807) is 0 Å². The summed E-state index contributed by atoms with van der Waals surface area (Å²) in [5.41, 5.74) is 3.20. The molecule has 1 heterocycles. The van der Waals surface area contributed by atoms with Gasteiger partial charge in [-0.05, 0) is 29.8 Å². The highest BCUT2D eigenvalue weighted by Crippen LogP contribution is 2.19. The largest absolute Gasteiger partial charge is 0.323 e. The van der Waals surface area contributed by atoms with Crippen LogP contribution in [-0.4, -0.2) is 9.55 Å². The van der Waals surface area contributed by atoms with Crippen molar-refractivity contribution >= 4 is 27.0 Å². The maximum Gasteiger partial charge on any atom is 0.124 e. The Balaban J connectivity index is 2.06. The summed E-state index contributed by atoms with van der Waals surface area (Å²) in [5, 5.41) is 8.96. The zero-order valence-electron chi connectivity index (χ0n) is 10.8. The van der Waals surface area contributed by atoms with E-state index in [1.807, 2.05) is 36.4 Å². The molecular formula is C16H12BrN3. The third-order valence-electron chi connectivity index (χ3n) is 3.22. The van der Waals surface area contributed by atoms with E-state index in [2.05, 4.69) is 43.7 Å². The average Bonchev–Trinajstić information content (AvgIpc) is 2.80. The second-order valence-corrected chi connectivity index (χ2v) is 5.48. The van der Waals surface area contributed by atoms with Crippen LogP contribution in [0.4, 0.5) is 0 Å². The van der Waals surface area contributed by atoms with Gasteiger partial charge in [0.2, 0.25) is 0 Å². The zero-order chi connectivity index (χ0) is 13.9. The Labute approximate surface area is 125 Å². The van der Waals surface area contributed by atoms with Gasteiger partial charge in [0.05, 0.1) is 23.5 Å². The van der Waals surface area contributed by atoms with Crippen molar-refractivity contribution in [3.63, 3.8) is 0 Å². The number of aromatic nitrogens is 2. The monoisotopic (exact) mass is 325 g/mol. The van der Waals surface area contributed by atoms with Crippen LogP contribution in [0.15, 0.2) is 53.0 Å². The Morgan fingerprint density at radius 2 is 1.85 bits per heavy atom. The Morgan fingerprint density at radius 1 is 1.10 bits per heavy atom. The van der Waals surface area contributed by atoms with Crippen molar-refractivity contribution in [3.05, 3.63) is 64.4 Å². The summed E-state index contributed by atoms with van der Waals surface area (Å²) in [4.78, 5) is 4.55. The molecule has 0 aliphatic heterocycles. The Kier molecular flexibility index (Phi) is 3.53. The smallest absolute Gasteiger partial charge is 0.124 e. The fourth-order valence-corrected chi connectivity index (χ4v) is 2.54. The lowest BCUT2D eigenvalue weighted by atomic mass is 10.2. The number of rotatable bonds is 3.